The zero-order valence-corrected chi connectivity index (χ0v) is 12.3. The maximum Gasteiger partial charge on any atom is 0.133 e. The zero-order valence-electron chi connectivity index (χ0n) is 11.4. The Morgan fingerprint density at radius 3 is 3.00 bits per heavy atom. The lowest BCUT2D eigenvalue weighted by Crippen LogP contribution is -2.19. The Morgan fingerprint density at radius 1 is 1.32 bits per heavy atom. The molecule has 0 amide bonds. The minimum atomic E-state index is 0.401. The average molecular weight is 273 g/mol. The number of thiophene rings is 1. The summed E-state index contributed by atoms with van der Waals surface area (Å²) in [6.07, 6.45) is 6.17. The third-order valence-corrected chi connectivity index (χ3v) is 4.58. The molecule has 0 aromatic carbocycles. The Labute approximate surface area is 118 Å². The van der Waals surface area contributed by atoms with Crippen molar-refractivity contribution < 1.29 is 0 Å². The molecular formula is C15H19N3S. The lowest BCUT2D eigenvalue weighted by molar-refractivity contribution is 0.789. The molecule has 0 spiro atoms. The van der Waals surface area contributed by atoms with Gasteiger partial charge in [-0.25, -0.2) is 9.97 Å². The number of nitrogens with one attached hydrogen (secondary N) is 1. The summed E-state index contributed by atoms with van der Waals surface area (Å²) in [5.74, 6) is 1.04. The van der Waals surface area contributed by atoms with Crippen molar-refractivity contribution in [3.05, 3.63) is 39.5 Å². The molecule has 0 saturated heterocycles. The molecule has 2 aromatic heterocycles. The molecule has 0 saturated carbocycles. The quantitative estimate of drug-likeness (QED) is 0.928. The highest BCUT2D eigenvalue weighted by molar-refractivity contribution is 7.11. The van der Waals surface area contributed by atoms with E-state index in [0.717, 1.165) is 25.1 Å². The van der Waals surface area contributed by atoms with Crippen LogP contribution in [-0.2, 0) is 19.3 Å². The van der Waals surface area contributed by atoms with Crippen LogP contribution in [0.3, 0.4) is 0 Å². The smallest absolute Gasteiger partial charge is 0.133 e. The standard InChI is InChI=1S/C15H19N3S/c1-10(8-12-7-6-11(2)19-12)18-15-13-4-3-5-14(13)16-9-17-15/h6-7,9-10H,3-5,8H2,1-2H3,(H,16,17,18). The van der Waals surface area contributed by atoms with Crippen LogP contribution in [0.25, 0.3) is 0 Å². The first-order valence-corrected chi connectivity index (χ1v) is 7.68. The fraction of sp³-hybridized carbons (Fsp3) is 0.467. The second kappa shape index (κ2) is 5.29. The van der Waals surface area contributed by atoms with Crippen LogP contribution >= 0.6 is 11.3 Å². The van der Waals surface area contributed by atoms with Gasteiger partial charge in [-0.3, -0.25) is 0 Å². The number of aromatic nitrogens is 2. The minimum absolute atomic E-state index is 0.401. The summed E-state index contributed by atoms with van der Waals surface area (Å²) in [6.45, 7) is 4.38. The van der Waals surface area contributed by atoms with Gasteiger partial charge in [0.25, 0.3) is 0 Å². The van der Waals surface area contributed by atoms with Crippen LogP contribution < -0.4 is 5.32 Å². The van der Waals surface area contributed by atoms with Crippen LogP contribution in [0.4, 0.5) is 5.82 Å². The number of fused-ring (bicyclic) bond motifs is 1. The first kappa shape index (κ1) is 12.6. The molecule has 0 fully saturated rings. The van der Waals surface area contributed by atoms with Crippen molar-refractivity contribution in [2.24, 2.45) is 0 Å². The Kier molecular flexibility index (Phi) is 3.51. The molecule has 0 radical (unpaired) electrons. The van der Waals surface area contributed by atoms with E-state index in [9.17, 15) is 0 Å². The van der Waals surface area contributed by atoms with E-state index in [1.54, 1.807) is 6.33 Å². The van der Waals surface area contributed by atoms with Crippen LogP contribution in [0.5, 0.6) is 0 Å². The largest absolute Gasteiger partial charge is 0.367 e. The van der Waals surface area contributed by atoms with Crippen LogP contribution in [0.15, 0.2) is 18.5 Å². The van der Waals surface area contributed by atoms with E-state index in [-0.39, 0.29) is 0 Å². The van der Waals surface area contributed by atoms with E-state index in [1.165, 1.54) is 27.4 Å². The van der Waals surface area contributed by atoms with Gasteiger partial charge in [0.05, 0.1) is 0 Å². The van der Waals surface area contributed by atoms with Crippen molar-refractivity contribution in [2.75, 3.05) is 5.32 Å². The van der Waals surface area contributed by atoms with Gasteiger partial charge in [0.15, 0.2) is 0 Å². The molecule has 100 valence electrons. The maximum atomic E-state index is 4.42. The van der Waals surface area contributed by atoms with E-state index in [1.807, 2.05) is 11.3 Å². The second-order valence-electron chi connectivity index (χ2n) is 5.26. The van der Waals surface area contributed by atoms with Crippen molar-refractivity contribution in [2.45, 2.75) is 45.6 Å². The summed E-state index contributed by atoms with van der Waals surface area (Å²) < 4.78 is 0. The number of anilines is 1. The number of nitrogens with zero attached hydrogens (tertiary/aromatic N) is 2. The van der Waals surface area contributed by atoms with Gasteiger partial charge in [0.2, 0.25) is 0 Å². The molecular weight excluding hydrogens is 254 g/mol. The minimum Gasteiger partial charge on any atom is -0.367 e. The molecule has 1 aliphatic carbocycles. The monoisotopic (exact) mass is 273 g/mol. The fourth-order valence-electron chi connectivity index (χ4n) is 2.66. The SMILES string of the molecule is Cc1ccc(CC(C)Nc2ncnc3c2CCC3)s1. The van der Waals surface area contributed by atoms with Crippen molar-refractivity contribution in [3.63, 3.8) is 0 Å². The lowest BCUT2D eigenvalue weighted by Gasteiger charge is -2.15. The van der Waals surface area contributed by atoms with Crippen LogP contribution in [-0.4, -0.2) is 16.0 Å². The molecule has 19 heavy (non-hydrogen) atoms. The fourth-order valence-corrected chi connectivity index (χ4v) is 3.68. The second-order valence-corrected chi connectivity index (χ2v) is 6.64. The molecule has 4 heteroatoms. The molecule has 1 atom stereocenters. The van der Waals surface area contributed by atoms with Crippen molar-refractivity contribution in [1.29, 1.82) is 0 Å². The molecule has 0 aliphatic heterocycles. The highest BCUT2D eigenvalue weighted by Gasteiger charge is 2.18. The predicted octanol–water partition coefficient (Wildman–Crippen LogP) is 3.38. The summed E-state index contributed by atoms with van der Waals surface area (Å²) in [5, 5.41) is 3.56. The zero-order chi connectivity index (χ0) is 13.2. The predicted molar refractivity (Wildman–Crippen MR) is 79.9 cm³/mol. The Morgan fingerprint density at radius 2 is 2.21 bits per heavy atom. The first-order valence-electron chi connectivity index (χ1n) is 6.87. The molecule has 2 aromatic rings. The Balaban J connectivity index is 1.70. The molecule has 3 rings (SSSR count). The van der Waals surface area contributed by atoms with Gasteiger partial charge in [0.1, 0.15) is 12.1 Å². The van der Waals surface area contributed by atoms with Crippen molar-refractivity contribution >= 4 is 17.2 Å². The summed E-state index contributed by atoms with van der Waals surface area (Å²) in [5.41, 5.74) is 2.56. The lowest BCUT2D eigenvalue weighted by atomic mass is 10.2. The number of rotatable bonds is 4. The summed E-state index contributed by atoms with van der Waals surface area (Å²) >= 11 is 1.88. The van der Waals surface area contributed by atoms with Gasteiger partial charge in [-0.05, 0) is 45.2 Å². The first-order chi connectivity index (χ1) is 9.22. The maximum absolute atomic E-state index is 4.42. The normalized spacial score (nSPS) is 15.3. The van der Waals surface area contributed by atoms with E-state index in [4.69, 9.17) is 0 Å². The number of aryl methyl sites for hydroxylation is 2. The van der Waals surface area contributed by atoms with Gasteiger partial charge < -0.3 is 5.32 Å². The number of hydrogen-bond acceptors (Lipinski definition) is 4. The molecule has 1 aliphatic rings. The molecule has 0 bridgehead atoms. The van der Waals surface area contributed by atoms with E-state index >= 15 is 0 Å². The third-order valence-electron chi connectivity index (χ3n) is 3.56. The van der Waals surface area contributed by atoms with Crippen molar-refractivity contribution in [1.82, 2.24) is 9.97 Å². The van der Waals surface area contributed by atoms with E-state index in [2.05, 4.69) is 41.3 Å². The highest BCUT2D eigenvalue weighted by Crippen LogP contribution is 2.26. The van der Waals surface area contributed by atoms with Gasteiger partial charge in [-0.15, -0.1) is 11.3 Å². The summed E-state index contributed by atoms with van der Waals surface area (Å²) in [7, 11) is 0. The van der Waals surface area contributed by atoms with E-state index < -0.39 is 0 Å². The molecule has 2 heterocycles. The number of hydrogen-bond donors (Lipinski definition) is 1. The van der Waals surface area contributed by atoms with Gasteiger partial charge in [-0.1, -0.05) is 0 Å². The highest BCUT2D eigenvalue weighted by atomic mass is 32.1. The van der Waals surface area contributed by atoms with Gasteiger partial charge in [0, 0.05) is 33.5 Å². The van der Waals surface area contributed by atoms with Gasteiger partial charge in [-0.2, -0.15) is 0 Å². The average Bonchev–Trinajstić information content (AvgIpc) is 2.98. The summed E-state index contributed by atoms with van der Waals surface area (Å²) in [4.78, 5) is 11.6. The van der Waals surface area contributed by atoms with E-state index in [0.29, 0.717) is 6.04 Å². The van der Waals surface area contributed by atoms with Crippen LogP contribution in [0.1, 0.15) is 34.4 Å². The van der Waals surface area contributed by atoms with Crippen LogP contribution in [0.2, 0.25) is 0 Å². The molecule has 1 N–H and O–H groups in total. The Hall–Kier alpha value is -1.42. The summed E-state index contributed by atoms with van der Waals surface area (Å²) in [6, 6.07) is 4.81. The molecule has 1 unspecified atom stereocenters. The van der Waals surface area contributed by atoms with Crippen LogP contribution in [0, 0.1) is 6.92 Å². The third kappa shape index (κ3) is 2.78. The topological polar surface area (TPSA) is 37.8 Å². The molecule has 3 nitrogen and oxygen atoms in total. The van der Waals surface area contributed by atoms with Gasteiger partial charge >= 0.3 is 0 Å². The Bertz CT molecular complexity index is 577. The van der Waals surface area contributed by atoms with Crippen molar-refractivity contribution in [3.8, 4) is 0 Å².